The van der Waals surface area contributed by atoms with Crippen molar-refractivity contribution < 1.29 is 67.4 Å². The quantitative estimate of drug-likeness (QED) is 0.164. The Balaban J connectivity index is 1.49. The molecule has 0 aliphatic heterocycles. The van der Waals surface area contributed by atoms with E-state index in [0.29, 0.717) is 24.3 Å². The normalized spacial score (nSPS) is 23.0. The number of amides is 1. The molecule has 0 heterocycles. The number of carboxylic acids is 1. The van der Waals surface area contributed by atoms with E-state index in [1.807, 2.05) is 0 Å². The van der Waals surface area contributed by atoms with Gasteiger partial charge in [-0.1, -0.05) is 30.3 Å². The summed E-state index contributed by atoms with van der Waals surface area (Å²) in [5.74, 6) is -6.28. The van der Waals surface area contributed by atoms with E-state index in [1.54, 1.807) is 0 Å². The van der Waals surface area contributed by atoms with E-state index >= 15 is 0 Å². The Hall–Kier alpha value is -4.12. The van der Waals surface area contributed by atoms with Gasteiger partial charge in [0.05, 0.1) is 17.4 Å². The van der Waals surface area contributed by atoms with Crippen LogP contribution in [-0.2, 0) is 41.1 Å². The van der Waals surface area contributed by atoms with Crippen LogP contribution in [0.15, 0.2) is 71.6 Å². The van der Waals surface area contributed by atoms with E-state index in [2.05, 4.69) is 10.1 Å². The lowest BCUT2D eigenvalue weighted by molar-refractivity contribution is -0.392. The molecule has 2 saturated carbocycles. The summed E-state index contributed by atoms with van der Waals surface area (Å²) in [5.41, 5.74) is -8.10. The van der Waals surface area contributed by atoms with E-state index in [1.165, 1.54) is 0 Å². The summed E-state index contributed by atoms with van der Waals surface area (Å²) in [6.45, 7) is -1.78. The second-order valence-electron chi connectivity index (χ2n) is 12.7. The summed E-state index contributed by atoms with van der Waals surface area (Å²) in [6, 6.07) is 7.09. The van der Waals surface area contributed by atoms with Crippen LogP contribution in [0.25, 0.3) is 0 Å². The highest BCUT2D eigenvalue weighted by molar-refractivity contribution is 7.92. The molecule has 5 rings (SSSR count). The first-order chi connectivity index (χ1) is 23.7. The van der Waals surface area contributed by atoms with Gasteiger partial charge in [0.2, 0.25) is 5.91 Å². The van der Waals surface area contributed by atoms with Gasteiger partial charge in [-0.2, -0.15) is 26.3 Å². The molecular weight excluding hydrogens is 721 g/mol. The van der Waals surface area contributed by atoms with E-state index in [9.17, 15) is 62.6 Å². The molecule has 3 aromatic rings. The maximum Gasteiger partial charge on any atom is 0.430 e. The number of sulfone groups is 1. The number of benzene rings is 3. The minimum Gasteiger partial charge on any atom is -0.481 e. The highest BCUT2D eigenvalue weighted by atomic mass is 32.2. The zero-order valence-corrected chi connectivity index (χ0v) is 27.1. The van der Waals surface area contributed by atoms with Crippen LogP contribution in [0.1, 0.15) is 55.2 Å². The number of hydrogen-bond donors (Lipinski definition) is 2. The van der Waals surface area contributed by atoms with Gasteiger partial charge in [-0.15, -0.1) is 0 Å². The Kier molecular flexibility index (Phi) is 10.3. The monoisotopic (exact) mass is 751 g/mol. The minimum absolute atomic E-state index is 0.249. The fraction of sp³-hybridized carbons (Fsp3) is 0.412. The van der Waals surface area contributed by atoms with Crippen LogP contribution < -0.4 is 5.32 Å². The summed E-state index contributed by atoms with van der Waals surface area (Å²) >= 11 is 0. The second kappa shape index (κ2) is 13.8. The van der Waals surface area contributed by atoms with Crippen molar-refractivity contribution in [3.8, 4) is 0 Å². The zero-order valence-electron chi connectivity index (χ0n) is 26.3. The van der Waals surface area contributed by atoms with E-state index in [4.69, 9.17) is 0 Å². The molecule has 0 bridgehead atoms. The largest absolute Gasteiger partial charge is 0.481 e. The lowest BCUT2D eigenvalue weighted by atomic mass is 9.73. The number of carbonyl (C=O) groups excluding carboxylic acids is 1. The molecule has 0 atom stereocenters. The average Bonchev–Trinajstić information content (AvgIpc) is 3.03. The third-order valence-corrected chi connectivity index (χ3v) is 12.2. The molecule has 2 aliphatic rings. The third-order valence-electron chi connectivity index (χ3n) is 9.69. The Morgan fingerprint density at radius 3 is 1.78 bits per heavy atom. The molecule has 51 heavy (non-hydrogen) atoms. The van der Waals surface area contributed by atoms with Crippen LogP contribution in [-0.4, -0.2) is 43.8 Å². The Morgan fingerprint density at radius 1 is 0.784 bits per heavy atom. The topological polar surface area (TPSA) is 110 Å². The van der Waals surface area contributed by atoms with Crippen molar-refractivity contribution in [2.45, 2.75) is 78.8 Å². The minimum atomic E-state index is -6.23. The molecule has 2 N–H and O–H groups in total. The van der Waals surface area contributed by atoms with E-state index in [-0.39, 0.29) is 44.1 Å². The third kappa shape index (κ3) is 6.93. The van der Waals surface area contributed by atoms with Gasteiger partial charge in [0.1, 0.15) is 22.2 Å². The smallest absolute Gasteiger partial charge is 0.430 e. The molecule has 2 aliphatic carbocycles. The molecule has 0 unspecified atom stereocenters. The zero-order chi connectivity index (χ0) is 37.6. The van der Waals surface area contributed by atoms with Crippen LogP contribution in [0.2, 0.25) is 0 Å². The predicted molar refractivity (Wildman–Crippen MR) is 161 cm³/mol. The molecule has 0 spiro atoms. The van der Waals surface area contributed by atoms with Crippen LogP contribution in [0.3, 0.4) is 0 Å². The number of rotatable bonds is 10. The SMILES string of the molecule is O=C(O)[C@H]1CC[C@H](C(=O)NC2CC(c3ccc(C(OCc4c(F)cccc4F)(C(F)(F)F)C(F)(F)F)cc3)(S(=O)(=O)c3ccc(F)cc3)C2)CC1. The number of aliphatic carboxylic acids is 1. The molecule has 0 radical (unpaired) electrons. The van der Waals surface area contributed by atoms with Crippen molar-refractivity contribution in [1.29, 1.82) is 0 Å². The van der Waals surface area contributed by atoms with Gasteiger partial charge in [-0.25, -0.2) is 21.6 Å². The fourth-order valence-electron chi connectivity index (χ4n) is 6.80. The lowest BCUT2D eigenvalue weighted by Crippen LogP contribution is -2.58. The average molecular weight is 752 g/mol. The summed E-state index contributed by atoms with van der Waals surface area (Å²) in [6.07, 6.45) is -12.2. The molecule has 17 heteroatoms. The Labute approximate surface area is 285 Å². The molecular formula is C34H30F9NO6S. The van der Waals surface area contributed by atoms with E-state index in [0.717, 1.165) is 42.5 Å². The molecule has 0 aromatic heterocycles. The van der Waals surface area contributed by atoms with Crippen molar-refractivity contribution in [2.75, 3.05) is 0 Å². The van der Waals surface area contributed by atoms with Gasteiger partial charge in [-0.05, 0) is 80.5 Å². The van der Waals surface area contributed by atoms with Gasteiger partial charge in [0.25, 0.3) is 5.60 Å². The Bertz CT molecular complexity index is 1830. The number of ether oxygens (including phenoxy) is 1. The van der Waals surface area contributed by atoms with Crippen molar-refractivity contribution in [3.63, 3.8) is 0 Å². The van der Waals surface area contributed by atoms with Crippen LogP contribution in [0, 0.1) is 29.3 Å². The van der Waals surface area contributed by atoms with Gasteiger partial charge in [0, 0.05) is 23.1 Å². The summed E-state index contributed by atoms with van der Waals surface area (Å²) in [5, 5.41) is 11.9. The predicted octanol–water partition coefficient (Wildman–Crippen LogP) is 7.48. The molecule has 7 nitrogen and oxygen atoms in total. The second-order valence-corrected chi connectivity index (χ2v) is 15.0. The first kappa shape index (κ1) is 38.1. The number of alkyl halides is 6. The molecule has 1 amide bonds. The first-order valence-corrected chi connectivity index (χ1v) is 17.1. The maximum atomic E-state index is 14.5. The highest BCUT2D eigenvalue weighted by Crippen LogP contribution is 2.55. The molecule has 0 saturated heterocycles. The number of carboxylic acid groups (broad SMARTS) is 1. The molecule has 276 valence electrons. The van der Waals surface area contributed by atoms with Crippen LogP contribution in [0.5, 0.6) is 0 Å². The standard InChI is InChI=1S/C34H30F9NO6S/c35-23-12-14-25(15-13-23)51(48,49)31(16-24(17-31)44-29(45)19-4-6-20(7-5-19)30(46)47)21-8-10-22(11-9-21)32(33(38,39)40,34(41,42)43)50-18-26-27(36)2-1-3-28(26)37/h1-3,8-15,19-20,24H,4-7,16-18H2,(H,44,45)(H,46,47)/t19-,20-,24?,31?. The van der Waals surface area contributed by atoms with Crippen LogP contribution >= 0.6 is 0 Å². The summed E-state index contributed by atoms with van der Waals surface area (Å²) in [7, 11) is -4.55. The van der Waals surface area contributed by atoms with Gasteiger partial charge in [0.15, 0.2) is 9.84 Å². The molecule has 2 fully saturated rings. The lowest BCUT2D eigenvalue weighted by Gasteiger charge is -2.48. The number of carbonyl (C=O) groups is 2. The Morgan fingerprint density at radius 2 is 1.29 bits per heavy atom. The number of hydrogen-bond acceptors (Lipinski definition) is 5. The van der Waals surface area contributed by atoms with Crippen LogP contribution in [0.4, 0.5) is 39.5 Å². The van der Waals surface area contributed by atoms with Crippen molar-refractivity contribution in [1.82, 2.24) is 5.32 Å². The van der Waals surface area contributed by atoms with Gasteiger partial charge in [-0.3, -0.25) is 9.59 Å². The number of nitrogens with one attached hydrogen (secondary N) is 1. The van der Waals surface area contributed by atoms with Crippen molar-refractivity contribution in [3.05, 3.63) is 101 Å². The van der Waals surface area contributed by atoms with Gasteiger partial charge >= 0.3 is 18.3 Å². The molecule has 3 aromatic carbocycles. The van der Waals surface area contributed by atoms with Crippen molar-refractivity contribution >= 4 is 21.7 Å². The summed E-state index contributed by atoms with van der Waals surface area (Å²) in [4.78, 5) is 23.9. The summed E-state index contributed by atoms with van der Waals surface area (Å²) < 4.78 is 159. The van der Waals surface area contributed by atoms with Gasteiger partial charge < -0.3 is 15.2 Å². The van der Waals surface area contributed by atoms with Crippen molar-refractivity contribution in [2.24, 2.45) is 11.8 Å². The maximum absolute atomic E-state index is 14.5. The van der Waals surface area contributed by atoms with E-state index < -0.39 is 102 Å². The first-order valence-electron chi connectivity index (χ1n) is 15.6. The fourth-order valence-corrected chi connectivity index (χ4v) is 9.04. The highest BCUT2D eigenvalue weighted by Gasteiger charge is 2.73. The number of halogens is 9.